The molecule has 1 aromatic heterocycles. The molecule has 0 aliphatic heterocycles. The van der Waals surface area contributed by atoms with Crippen molar-refractivity contribution in [3.05, 3.63) is 71.8 Å². The van der Waals surface area contributed by atoms with Crippen LogP contribution in [0.15, 0.2) is 60.7 Å². The van der Waals surface area contributed by atoms with Crippen molar-refractivity contribution in [2.24, 2.45) is 0 Å². The molecule has 1 N–H and O–H groups in total. The summed E-state index contributed by atoms with van der Waals surface area (Å²) in [5.74, 6) is -0.331. The normalized spacial score (nSPS) is 11.1. The van der Waals surface area contributed by atoms with Gasteiger partial charge in [0.1, 0.15) is 0 Å². The van der Waals surface area contributed by atoms with Gasteiger partial charge < -0.3 is 9.72 Å². The Bertz CT molecular complexity index is 1060. The lowest BCUT2D eigenvalue weighted by Gasteiger charge is -2.10. The second-order valence-corrected chi connectivity index (χ2v) is 5.94. The highest BCUT2D eigenvalue weighted by atomic mass is 16.5. The van der Waals surface area contributed by atoms with Gasteiger partial charge in [0.2, 0.25) is 0 Å². The van der Waals surface area contributed by atoms with E-state index in [4.69, 9.17) is 4.74 Å². The number of aromatic nitrogens is 1. The first kappa shape index (κ1) is 14.5. The number of para-hydroxylation sites is 1. The minimum absolute atomic E-state index is 0.331. The van der Waals surface area contributed by atoms with Gasteiger partial charge in [0.15, 0.2) is 0 Å². The molecule has 0 aliphatic carbocycles. The maximum Gasteiger partial charge on any atom is 0.340 e. The van der Waals surface area contributed by atoms with Gasteiger partial charge in [-0.2, -0.15) is 0 Å². The van der Waals surface area contributed by atoms with E-state index < -0.39 is 0 Å². The number of aromatic amines is 1. The fourth-order valence-corrected chi connectivity index (χ4v) is 3.21. The largest absolute Gasteiger partial charge is 0.465 e. The third kappa shape index (κ3) is 2.17. The molecule has 0 amide bonds. The zero-order valence-corrected chi connectivity index (χ0v) is 13.6. The average molecular weight is 315 g/mol. The van der Waals surface area contributed by atoms with Crippen molar-refractivity contribution in [1.82, 2.24) is 4.98 Å². The van der Waals surface area contributed by atoms with Crippen LogP contribution in [0.1, 0.15) is 15.9 Å². The fourth-order valence-electron chi connectivity index (χ4n) is 3.21. The fraction of sp³-hybridized carbons (Fsp3) is 0.0952. The predicted molar refractivity (Wildman–Crippen MR) is 97.3 cm³/mol. The van der Waals surface area contributed by atoms with Crippen molar-refractivity contribution in [2.45, 2.75) is 6.92 Å². The topological polar surface area (TPSA) is 42.1 Å². The minimum atomic E-state index is -0.331. The molecule has 0 saturated carbocycles. The average Bonchev–Trinajstić information content (AvgIpc) is 2.99. The number of hydrogen-bond donors (Lipinski definition) is 1. The molecule has 0 unspecified atom stereocenters. The molecule has 1 heterocycles. The van der Waals surface area contributed by atoms with E-state index in [2.05, 4.69) is 17.1 Å². The number of fused-ring (bicyclic) bond motifs is 3. The molecular weight excluding hydrogens is 298 g/mol. The molecule has 0 saturated heterocycles. The number of nitrogens with one attached hydrogen (secondary N) is 1. The lowest BCUT2D eigenvalue weighted by Crippen LogP contribution is -2.04. The van der Waals surface area contributed by atoms with E-state index >= 15 is 0 Å². The maximum absolute atomic E-state index is 12.5. The van der Waals surface area contributed by atoms with Gasteiger partial charge in [-0.15, -0.1) is 0 Å². The number of carbonyl (C=O) groups excluding carboxylic acids is 1. The van der Waals surface area contributed by atoms with Crippen molar-refractivity contribution in [3.63, 3.8) is 0 Å². The second kappa shape index (κ2) is 5.53. The zero-order chi connectivity index (χ0) is 16.7. The van der Waals surface area contributed by atoms with Crippen LogP contribution < -0.4 is 0 Å². The van der Waals surface area contributed by atoms with Crippen molar-refractivity contribution in [3.8, 4) is 11.1 Å². The van der Waals surface area contributed by atoms with E-state index in [9.17, 15) is 4.79 Å². The van der Waals surface area contributed by atoms with Crippen LogP contribution in [0.3, 0.4) is 0 Å². The molecule has 0 radical (unpaired) electrons. The van der Waals surface area contributed by atoms with E-state index in [0.29, 0.717) is 5.56 Å². The van der Waals surface area contributed by atoms with E-state index in [-0.39, 0.29) is 5.97 Å². The number of esters is 1. The SMILES string of the molecule is COC(=O)c1c(-c2ccc(C)cc2)ccc2c1[nH]c1ccccc12. The quantitative estimate of drug-likeness (QED) is 0.524. The van der Waals surface area contributed by atoms with Crippen LogP contribution in [0.25, 0.3) is 32.9 Å². The molecule has 3 nitrogen and oxygen atoms in total. The number of carbonyl (C=O) groups is 1. The molecule has 3 heteroatoms. The van der Waals surface area contributed by atoms with Crippen molar-refractivity contribution in [2.75, 3.05) is 7.11 Å². The van der Waals surface area contributed by atoms with Gasteiger partial charge in [0, 0.05) is 16.3 Å². The summed E-state index contributed by atoms with van der Waals surface area (Å²) in [6.07, 6.45) is 0. The summed E-state index contributed by atoms with van der Waals surface area (Å²) >= 11 is 0. The lowest BCUT2D eigenvalue weighted by atomic mass is 9.96. The summed E-state index contributed by atoms with van der Waals surface area (Å²) in [5, 5.41) is 2.13. The Kier molecular flexibility index (Phi) is 3.35. The molecule has 4 aromatic rings. The highest BCUT2D eigenvalue weighted by Crippen LogP contribution is 2.34. The number of rotatable bonds is 2. The van der Waals surface area contributed by atoms with E-state index in [1.165, 1.54) is 12.7 Å². The van der Waals surface area contributed by atoms with Gasteiger partial charge in [-0.25, -0.2) is 4.79 Å². The smallest absolute Gasteiger partial charge is 0.340 e. The van der Waals surface area contributed by atoms with Gasteiger partial charge in [-0.05, 0) is 24.1 Å². The number of benzene rings is 3. The Balaban J connectivity index is 2.08. The maximum atomic E-state index is 12.5. The van der Waals surface area contributed by atoms with Gasteiger partial charge in [0.25, 0.3) is 0 Å². The summed E-state index contributed by atoms with van der Waals surface area (Å²) < 4.78 is 5.07. The number of methoxy groups -OCH3 is 1. The summed E-state index contributed by atoms with van der Waals surface area (Å²) in [5.41, 5.74) is 5.47. The Labute approximate surface area is 139 Å². The van der Waals surface area contributed by atoms with Gasteiger partial charge >= 0.3 is 5.97 Å². The summed E-state index contributed by atoms with van der Waals surface area (Å²) in [6.45, 7) is 2.05. The highest BCUT2D eigenvalue weighted by Gasteiger charge is 2.19. The number of ether oxygens (including phenoxy) is 1. The van der Waals surface area contributed by atoms with Gasteiger partial charge in [0.05, 0.1) is 18.2 Å². The Morgan fingerprint density at radius 1 is 0.917 bits per heavy atom. The van der Waals surface area contributed by atoms with E-state index in [1.54, 1.807) is 0 Å². The van der Waals surface area contributed by atoms with Crippen LogP contribution in [0.5, 0.6) is 0 Å². The Morgan fingerprint density at radius 2 is 1.67 bits per heavy atom. The lowest BCUT2D eigenvalue weighted by molar-refractivity contribution is 0.0603. The molecule has 24 heavy (non-hydrogen) atoms. The monoisotopic (exact) mass is 315 g/mol. The van der Waals surface area contributed by atoms with Crippen molar-refractivity contribution in [1.29, 1.82) is 0 Å². The molecule has 0 spiro atoms. The molecule has 3 aromatic carbocycles. The summed E-state index contributed by atoms with van der Waals surface area (Å²) in [7, 11) is 1.42. The third-order valence-electron chi connectivity index (χ3n) is 4.43. The first-order chi connectivity index (χ1) is 11.7. The number of hydrogen-bond acceptors (Lipinski definition) is 2. The van der Waals surface area contributed by atoms with Crippen LogP contribution in [0, 0.1) is 6.92 Å². The molecule has 0 bridgehead atoms. The van der Waals surface area contributed by atoms with Crippen LogP contribution >= 0.6 is 0 Å². The molecule has 0 atom stereocenters. The molecule has 4 rings (SSSR count). The summed E-state index contributed by atoms with van der Waals surface area (Å²) in [4.78, 5) is 15.9. The van der Waals surface area contributed by atoms with E-state index in [1.807, 2.05) is 55.5 Å². The summed E-state index contributed by atoms with van der Waals surface area (Å²) in [6, 6.07) is 20.3. The van der Waals surface area contributed by atoms with Crippen molar-refractivity contribution < 1.29 is 9.53 Å². The number of aryl methyl sites for hydroxylation is 1. The van der Waals surface area contributed by atoms with Crippen molar-refractivity contribution >= 4 is 27.8 Å². The highest BCUT2D eigenvalue weighted by molar-refractivity contribution is 6.17. The first-order valence-corrected chi connectivity index (χ1v) is 7.88. The van der Waals surface area contributed by atoms with Gasteiger partial charge in [-0.1, -0.05) is 60.2 Å². The molecular formula is C21H17NO2. The Morgan fingerprint density at radius 3 is 2.42 bits per heavy atom. The van der Waals surface area contributed by atoms with Crippen LogP contribution in [0.2, 0.25) is 0 Å². The minimum Gasteiger partial charge on any atom is -0.465 e. The molecule has 0 aliphatic rings. The van der Waals surface area contributed by atoms with Crippen LogP contribution in [0.4, 0.5) is 0 Å². The zero-order valence-electron chi connectivity index (χ0n) is 13.6. The van der Waals surface area contributed by atoms with Gasteiger partial charge in [-0.3, -0.25) is 0 Å². The van der Waals surface area contributed by atoms with Crippen LogP contribution in [-0.2, 0) is 4.74 Å². The second-order valence-electron chi connectivity index (χ2n) is 5.94. The van der Waals surface area contributed by atoms with Crippen LogP contribution in [-0.4, -0.2) is 18.1 Å². The Hall–Kier alpha value is -3.07. The standard InChI is InChI=1S/C21H17NO2/c1-13-7-9-14(10-8-13)15-11-12-17-16-5-3-4-6-18(16)22-20(17)19(15)21(23)24-2/h3-12,22H,1-2H3. The predicted octanol–water partition coefficient (Wildman–Crippen LogP) is 5.08. The molecule has 118 valence electrons. The first-order valence-electron chi connectivity index (χ1n) is 7.88. The van der Waals surface area contributed by atoms with E-state index in [0.717, 1.165) is 32.9 Å². The third-order valence-corrected chi connectivity index (χ3v) is 4.43. The molecule has 0 fully saturated rings. The number of H-pyrrole nitrogens is 1.